The van der Waals surface area contributed by atoms with E-state index in [1.807, 2.05) is 24.3 Å². The number of rotatable bonds is 6. The van der Waals surface area contributed by atoms with Gasteiger partial charge in [0, 0.05) is 18.0 Å². The maximum absolute atomic E-state index is 12.4. The summed E-state index contributed by atoms with van der Waals surface area (Å²) >= 11 is 5.91. The molecule has 3 rings (SSSR count). The first-order chi connectivity index (χ1) is 13.3. The molecule has 0 unspecified atom stereocenters. The molecule has 1 N–H and O–H groups in total. The van der Waals surface area contributed by atoms with E-state index in [2.05, 4.69) is 10.4 Å². The van der Waals surface area contributed by atoms with Crippen molar-refractivity contribution in [1.29, 1.82) is 0 Å². The number of methoxy groups -OCH3 is 1. The number of nitrogens with zero attached hydrogens (tertiary/aromatic N) is 2. The second-order valence-electron chi connectivity index (χ2n) is 6.05. The number of carbonyl (C=O) groups excluding carboxylic acids is 1. The van der Waals surface area contributed by atoms with E-state index in [-0.39, 0.29) is 22.0 Å². The van der Waals surface area contributed by atoms with Crippen LogP contribution in [0.4, 0.5) is 0 Å². The maximum atomic E-state index is 12.4. The van der Waals surface area contributed by atoms with Crippen molar-refractivity contribution < 1.29 is 17.9 Å². The topological polar surface area (TPSA) is 90.3 Å². The number of hydrogen-bond donors (Lipinski definition) is 1. The number of halogens is 1. The summed E-state index contributed by atoms with van der Waals surface area (Å²) in [6.07, 6.45) is 2.83. The number of benzene rings is 2. The number of hydrogen-bond acceptors (Lipinski definition) is 5. The fraction of sp³-hybridized carbons (Fsp3) is 0.158. The smallest absolute Gasteiger partial charge is 0.251 e. The van der Waals surface area contributed by atoms with Gasteiger partial charge in [-0.1, -0.05) is 11.6 Å². The molecule has 0 radical (unpaired) electrons. The average molecular weight is 420 g/mol. The molecular weight excluding hydrogens is 402 g/mol. The van der Waals surface area contributed by atoms with Gasteiger partial charge in [0.05, 0.1) is 35.0 Å². The molecule has 0 aliphatic carbocycles. The molecule has 1 aromatic heterocycles. The van der Waals surface area contributed by atoms with Gasteiger partial charge in [0.15, 0.2) is 9.84 Å². The van der Waals surface area contributed by atoms with Crippen molar-refractivity contribution in [2.75, 3.05) is 13.4 Å². The zero-order valence-corrected chi connectivity index (χ0v) is 16.8. The summed E-state index contributed by atoms with van der Waals surface area (Å²) in [4.78, 5) is 12.3. The van der Waals surface area contributed by atoms with Gasteiger partial charge in [-0.2, -0.15) is 5.10 Å². The van der Waals surface area contributed by atoms with E-state index in [0.29, 0.717) is 5.69 Å². The molecule has 0 aliphatic rings. The number of nitrogens with one attached hydrogen (secondary N) is 1. The molecule has 0 spiro atoms. The van der Waals surface area contributed by atoms with E-state index in [1.54, 1.807) is 24.1 Å². The molecule has 1 amide bonds. The van der Waals surface area contributed by atoms with Crippen molar-refractivity contribution in [2.24, 2.45) is 0 Å². The lowest BCUT2D eigenvalue weighted by Crippen LogP contribution is -2.23. The third kappa shape index (κ3) is 4.52. The summed E-state index contributed by atoms with van der Waals surface area (Å²) in [6, 6.07) is 13.3. The highest BCUT2D eigenvalue weighted by molar-refractivity contribution is 7.90. The largest absolute Gasteiger partial charge is 0.497 e. The summed E-state index contributed by atoms with van der Waals surface area (Å²) in [5, 5.41) is 7.22. The molecule has 7 nitrogen and oxygen atoms in total. The highest BCUT2D eigenvalue weighted by Gasteiger charge is 2.16. The molecule has 0 saturated carbocycles. The zero-order valence-electron chi connectivity index (χ0n) is 15.2. The number of sulfone groups is 1. The first-order valence-corrected chi connectivity index (χ1v) is 10.5. The monoisotopic (exact) mass is 419 g/mol. The summed E-state index contributed by atoms with van der Waals surface area (Å²) in [7, 11) is -1.93. The van der Waals surface area contributed by atoms with Crippen molar-refractivity contribution in [3.05, 3.63) is 71.0 Å². The van der Waals surface area contributed by atoms with Gasteiger partial charge in [-0.05, 0) is 48.5 Å². The van der Waals surface area contributed by atoms with Gasteiger partial charge in [-0.3, -0.25) is 4.79 Å². The lowest BCUT2D eigenvalue weighted by Gasteiger charge is -2.07. The third-order valence-electron chi connectivity index (χ3n) is 4.00. The van der Waals surface area contributed by atoms with Crippen LogP contribution in [0.2, 0.25) is 5.02 Å². The van der Waals surface area contributed by atoms with Gasteiger partial charge in [0.1, 0.15) is 5.75 Å². The maximum Gasteiger partial charge on any atom is 0.251 e. The Kier molecular flexibility index (Phi) is 5.71. The van der Waals surface area contributed by atoms with E-state index in [0.717, 1.165) is 17.7 Å². The van der Waals surface area contributed by atoms with Crippen LogP contribution in [-0.2, 0) is 16.4 Å². The molecule has 0 atom stereocenters. The van der Waals surface area contributed by atoms with Crippen LogP contribution < -0.4 is 10.1 Å². The van der Waals surface area contributed by atoms with Crippen LogP contribution in [-0.4, -0.2) is 37.5 Å². The van der Waals surface area contributed by atoms with Crippen molar-refractivity contribution in [2.45, 2.75) is 11.4 Å². The van der Waals surface area contributed by atoms with Crippen LogP contribution in [0.15, 0.2) is 59.6 Å². The summed E-state index contributed by atoms with van der Waals surface area (Å²) < 4.78 is 30.3. The molecule has 9 heteroatoms. The van der Waals surface area contributed by atoms with Crippen LogP contribution in [0.1, 0.15) is 16.1 Å². The first-order valence-electron chi connectivity index (χ1n) is 8.25. The van der Waals surface area contributed by atoms with Crippen molar-refractivity contribution >= 4 is 27.3 Å². The van der Waals surface area contributed by atoms with E-state index >= 15 is 0 Å². The standard InChI is InChI=1S/C19H18ClN3O4S/c1-27-16-6-4-15(5-7-16)23-10-9-14(22-23)12-21-19(24)13-3-8-17(20)18(11-13)28(2,25)26/h3-11H,12H2,1-2H3,(H,21,24). The van der Waals surface area contributed by atoms with Crippen LogP contribution in [0.3, 0.4) is 0 Å². The van der Waals surface area contributed by atoms with E-state index in [4.69, 9.17) is 16.3 Å². The molecule has 0 bridgehead atoms. The predicted molar refractivity (Wildman–Crippen MR) is 106 cm³/mol. The van der Waals surface area contributed by atoms with Crippen molar-refractivity contribution in [1.82, 2.24) is 15.1 Å². The lowest BCUT2D eigenvalue weighted by molar-refractivity contribution is 0.0950. The normalized spacial score (nSPS) is 11.2. The van der Waals surface area contributed by atoms with Crippen LogP contribution in [0.5, 0.6) is 5.75 Å². The quantitative estimate of drug-likeness (QED) is 0.663. The van der Waals surface area contributed by atoms with E-state index < -0.39 is 15.7 Å². The molecule has 0 fully saturated rings. The predicted octanol–water partition coefficient (Wildman–Crippen LogP) is 2.87. The number of carbonyl (C=O) groups is 1. The summed E-state index contributed by atoms with van der Waals surface area (Å²) in [5.41, 5.74) is 1.72. The molecule has 1 heterocycles. The molecule has 2 aromatic carbocycles. The van der Waals surface area contributed by atoms with Gasteiger partial charge < -0.3 is 10.1 Å². The number of ether oxygens (including phenoxy) is 1. The van der Waals surface area contributed by atoms with Gasteiger partial charge in [-0.25, -0.2) is 13.1 Å². The Labute approximate surface area is 167 Å². The van der Waals surface area contributed by atoms with Crippen molar-refractivity contribution in [3.8, 4) is 11.4 Å². The summed E-state index contributed by atoms with van der Waals surface area (Å²) in [5.74, 6) is 0.334. The molecule has 0 aliphatic heterocycles. The minimum atomic E-state index is -3.53. The Morgan fingerprint density at radius 2 is 1.89 bits per heavy atom. The zero-order chi connectivity index (χ0) is 20.3. The Hall–Kier alpha value is -2.84. The number of aromatic nitrogens is 2. The SMILES string of the molecule is COc1ccc(-n2ccc(CNC(=O)c3ccc(Cl)c(S(C)(=O)=O)c3)n2)cc1. The van der Waals surface area contributed by atoms with Crippen LogP contribution in [0, 0.1) is 0 Å². The highest BCUT2D eigenvalue weighted by Crippen LogP contribution is 2.22. The molecule has 28 heavy (non-hydrogen) atoms. The fourth-order valence-electron chi connectivity index (χ4n) is 2.54. The van der Waals surface area contributed by atoms with E-state index in [1.165, 1.54) is 18.2 Å². The summed E-state index contributed by atoms with van der Waals surface area (Å²) in [6.45, 7) is 0.193. The highest BCUT2D eigenvalue weighted by atomic mass is 35.5. The van der Waals surface area contributed by atoms with Crippen LogP contribution in [0.25, 0.3) is 5.69 Å². The third-order valence-corrected chi connectivity index (χ3v) is 5.58. The Balaban J connectivity index is 1.69. The van der Waals surface area contributed by atoms with E-state index in [9.17, 15) is 13.2 Å². The second-order valence-corrected chi connectivity index (χ2v) is 8.44. The molecule has 0 saturated heterocycles. The Bertz CT molecular complexity index is 1110. The molecule has 3 aromatic rings. The average Bonchev–Trinajstić information content (AvgIpc) is 3.14. The van der Waals surface area contributed by atoms with Crippen molar-refractivity contribution in [3.63, 3.8) is 0 Å². The lowest BCUT2D eigenvalue weighted by atomic mass is 10.2. The second kappa shape index (κ2) is 8.04. The van der Waals surface area contributed by atoms with Gasteiger partial charge in [-0.15, -0.1) is 0 Å². The Morgan fingerprint density at radius 1 is 1.18 bits per heavy atom. The number of amides is 1. The fourth-order valence-corrected chi connectivity index (χ4v) is 3.84. The molecule has 146 valence electrons. The van der Waals surface area contributed by atoms with Gasteiger partial charge in [0.2, 0.25) is 0 Å². The Morgan fingerprint density at radius 3 is 2.54 bits per heavy atom. The minimum absolute atomic E-state index is 0.0781. The first kappa shape index (κ1) is 19.9. The minimum Gasteiger partial charge on any atom is -0.497 e. The molecular formula is C19H18ClN3O4S. The van der Waals surface area contributed by atoms with Crippen LogP contribution >= 0.6 is 11.6 Å². The van der Waals surface area contributed by atoms with Gasteiger partial charge >= 0.3 is 0 Å². The van der Waals surface area contributed by atoms with Gasteiger partial charge in [0.25, 0.3) is 5.91 Å².